The van der Waals surface area contributed by atoms with E-state index in [1.165, 1.54) is 13.8 Å². The van der Waals surface area contributed by atoms with Gasteiger partial charge in [-0.05, 0) is 13.8 Å². The zero-order valence-electron chi connectivity index (χ0n) is 7.59. The van der Waals surface area contributed by atoms with Crippen molar-refractivity contribution in [2.45, 2.75) is 34.6 Å². The molecule has 13 heavy (non-hydrogen) atoms. The number of Topliss-reactive ketones (excluding diaryl/α,β-unsaturated/α-hetero) is 1. The first-order chi connectivity index (χ1) is 5.54. The normalized spacial score (nSPS) is 6.62. The molecule has 0 aliphatic carbocycles. The minimum atomic E-state index is -0.211. The summed E-state index contributed by atoms with van der Waals surface area (Å²) in [5.41, 5.74) is 0. The van der Waals surface area contributed by atoms with Crippen molar-refractivity contribution in [2.75, 3.05) is 6.61 Å². The molecule has 0 heterocycles. The minimum Gasteiger partial charge on any atom is -0.466 e. The molecular weight excluding hydrogens is 170 g/mol. The highest BCUT2D eigenvalue weighted by Crippen LogP contribution is 1.72. The summed E-state index contributed by atoms with van der Waals surface area (Å²) in [6.45, 7) is 5.05. The Balaban J connectivity index is -0.000000143. The Morgan fingerprint density at radius 3 is 1.85 bits per heavy atom. The van der Waals surface area contributed by atoms with Crippen molar-refractivity contribution in [2.24, 2.45) is 0 Å². The molecule has 0 radical (unpaired) electrons. The molecule has 0 saturated carbocycles. The first-order valence-electron chi connectivity index (χ1n) is 3.54. The zero-order valence-corrected chi connectivity index (χ0v) is 7.59. The quantitative estimate of drug-likeness (QED) is 0.617. The van der Waals surface area contributed by atoms with Gasteiger partial charge in [-0.1, -0.05) is 7.43 Å². The van der Waals surface area contributed by atoms with Gasteiger partial charge in [0.25, 0.3) is 0 Å². The van der Waals surface area contributed by atoms with Crippen LogP contribution in [0, 0.1) is 11.3 Å². The van der Waals surface area contributed by atoms with E-state index in [1.807, 2.05) is 0 Å². The molecule has 0 saturated heterocycles. The van der Waals surface area contributed by atoms with E-state index < -0.39 is 0 Å². The van der Waals surface area contributed by atoms with Gasteiger partial charge in [-0.3, -0.25) is 9.59 Å². The number of rotatable bonds is 2. The molecule has 0 aliphatic heterocycles. The van der Waals surface area contributed by atoms with Gasteiger partial charge in [0, 0.05) is 6.92 Å². The third kappa shape index (κ3) is 36.9. The van der Waals surface area contributed by atoms with Crippen LogP contribution in [-0.2, 0) is 14.3 Å². The number of carbonyl (C=O) groups is 2. The maximum absolute atomic E-state index is 9.82. The number of hydrogen-bond acceptors (Lipinski definition) is 4. The van der Waals surface area contributed by atoms with Gasteiger partial charge in [-0.2, -0.15) is 5.26 Å². The minimum absolute atomic E-state index is 0. The number of esters is 1. The molecule has 76 valence electrons. The maximum Gasteiger partial charge on any atom is 0.302 e. The average molecular weight is 187 g/mol. The first kappa shape index (κ1) is 17.6. The van der Waals surface area contributed by atoms with Gasteiger partial charge in [-0.25, -0.2) is 0 Å². The molecular formula is C9H17NO3. The van der Waals surface area contributed by atoms with Gasteiger partial charge >= 0.3 is 5.97 Å². The van der Waals surface area contributed by atoms with Crippen molar-refractivity contribution in [3.63, 3.8) is 0 Å². The Morgan fingerprint density at radius 2 is 1.85 bits per heavy atom. The van der Waals surface area contributed by atoms with Crippen molar-refractivity contribution in [3.05, 3.63) is 0 Å². The monoisotopic (exact) mass is 187 g/mol. The molecule has 0 aromatic carbocycles. The topological polar surface area (TPSA) is 67.2 Å². The standard InChI is InChI=1S/C4H5NO.C4H8O2.CH4/c1-4(6)2-3-5;1-3-6-4(2)5;/h2H2,1H3;3H2,1-2H3;1H4. The SMILES string of the molecule is C.CC(=O)CC#N.CCOC(C)=O. The second-order valence-electron chi connectivity index (χ2n) is 1.96. The van der Waals surface area contributed by atoms with E-state index in [0.29, 0.717) is 6.61 Å². The van der Waals surface area contributed by atoms with E-state index in [9.17, 15) is 9.59 Å². The van der Waals surface area contributed by atoms with Crippen LogP contribution in [0.2, 0.25) is 0 Å². The van der Waals surface area contributed by atoms with Crippen LogP contribution in [0.5, 0.6) is 0 Å². The molecule has 0 fully saturated rings. The van der Waals surface area contributed by atoms with Gasteiger partial charge in [-0.15, -0.1) is 0 Å². The lowest BCUT2D eigenvalue weighted by Gasteiger charge is -1.89. The maximum atomic E-state index is 9.82. The summed E-state index contributed by atoms with van der Waals surface area (Å²) in [5, 5.41) is 7.77. The van der Waals surface area contributed by atoms with Gasteiger partial charge in [0.05, 0.1) is 19.1 Å². The Morgan fingerprint density at radius 1 is 1.38 bits per heavy atom. The average Bonchev–Trinajstić information content (AvgIpc) is 1.87. The number of nitrogens with zero attached hydrogens (tertiary/aromatic N) is 1. The van der Waals surface area contributed by atoms with E-state index in [4.69, 9.17) is 5.26 Å². The zero-order chi connectivity index (χ0) is 9.98. The smallest absolute Gasteiger partial charge is 0.302 e. The number of hydrogen-bond donors (Lipinski definition) is 0. The van der Waals surface area contributed by atoms with E-state index in [-0.39, 0.29) is 25.6 Å². The van der Waals surface area contributed by atoms with E-state index in [2.05, 4.69) is 4.74 Å². The van der Waals surface area contributed by atoms with Crippen molar-refractivity contribution in [1.82, 2.24) is 0 Å². The van der Waals surface area contributed by atoms with Crippen LogP contribution in [0.3, 0.4) is 0 Å². The highest BCUT2D eigenvalue weighted by molar-refractivity contribution is 5.77. The molecule has 0 unspecified atom stereocenters. The molecule has 0 aromatic heterocycles. The third-order valence-corrected chi connectivity index (χ3v) is 0.676. The molecule has 0 aromatic rings. The third-order valence-electron chi connectivity index (χ3n) is 0.676. The molecule has 0 N–H and O–H groups in total. The lowest BCUT2D eigenvalue weighted by atomic mass is 10.3. The van der Waals surface area contributed by atoms with Crippen LogP contribution in [0.4, 0.5) is 0 Å². The van der Waals surface area contributed by atoms with Crippen molar-refractivity contribution in [3.8, 4) is 6.07 Å². The van der Waals surface area contributed by atoms with E-state index in [0.717, 1.165) is 0 Å². The highest BCUT2D eigenvalue weighted by Gasteiger charge is 1.83. The molecule has 0 aliphatic rings. The Kier molecular flexibility index (Phi) is 18.0. The molecule has 0 bridgehead atoms. The molecule has 4 nitrogen and oxygen atoms in total. The van der Waals surface area contributed by atoms with Crippen LogP contribution >= 0.6 is 0 Å². The summed E-state index contributed by atoms with van der Waals surface area (Å²) in [7, 11) is 0. The second kappa shape index (κ2) is 13.2. The summed E-state index contributed by atoms with van der Waals surface area (Å²) in [5.74, 6) is -0.282. The molecule has 0 spiro atoms. The Bertz CT molecular complexity index is 182. The predicted molar refractivity (Wildman–Crippen MR) is 49.9 cm³/mol. The van der Waals surface area contributed by atoms with Crippen molar-refractivity contribution < 1.29 is 14.3 Å². The largest absolute Gasteiger partial charge is 0.466 e. The van der Waals surface area contributed by atoms with Crippen molar-refractivity contribution in [1.29, 1.82) is 5.26 Å². The fourth-order valence-electron chi connectivity index (χ4n) is 0.315. The van der Waals surface area contributed by atoms with Gasteiger partial charge in [0.15, 0.2) is 0 Å². The molecule has 0 rings (SSSR count). The Hall–Kier alpha value is -1.37. The van der Waals surface area contributed by atoms with Gasteiger partial charge in [0.2, 0.25) is 0 Å². The lowest BCUT2D eigenvalue weighted by Crippen LogP contribution is -1.95. The van der Waals surface area contributed by atoms with Crippen LogP contribution in [0.25, 0.3) is 0 Å². The number of ether oxygens (including phenoxy) is 1. The van der Waals surface area contributed by atoms with E-state index >= 15 is 0 Å². The molecule has 4 heteroatoms. The second-order valence-corrected chi connectivity index (χ2v) is 1.96. The van der Waals surface area contributed by atoms with Crippen LogP contribution in [0.15, 0.2) is 0 Å². The molecule has 0 atom stereocenters. The van der Waals surface area contributed by atoms with Crippen LogP contribution in [-0.4, -0.2) is 18.4 Å². The highest BCUT2D eigenvalue weighted by atomic mass is 16.5. The van der Waals surface area contributed by atoms with Gasteiger partial charge in [0.1, 0.15) is 5.78 Å². The number of nitriles is 1. The Labute approximate surface area is 79.5 Å². The number of ketones is 1. The fourth-order valence-corrected chi connectivity index (χ4v) is 0.315. The van der Waals surface area contributed by atoms with E-state index in [1.54, 1.807) is 13.0 Å². The first-order valence-corrected chi connectivity index (χ1v) is 3.54. The summed E-state index contributed by atoms with van der Waals surface area (Å²) in [4.78, 5) is 19.6. The summed E-state index contributed by atoms with van der Waals surface area (Å²) < 4.78 is 4.40. The van der Waals surface area contributed by atoms with Crippen LogP contribution < -0.4 is 0 Å². The predicted octanol–water partition coefficient (Wildman–Crippen LogP) is 1.69. The van der Waals surface area contributed by atoms with Crippen LogP contribution in [0.1, 0.15) is 34.6 Å². The van der Waals surface area contributed by atoms with Crippen molar-refractivity contribution >= 4 is 11.8 Å². The fraction of sp³-hybridized carbons (Fsp3) is 0.667. The van der Waals surface area contributed by atoms with Gasteiger partial charge < -0.3 is 4.74 Å². The number of carbonyl (C=O) groups excluding carboxylic acids is 2. The summed E-state index contributed by atoms with van der Waals surface area (Å²) >= 11 is 0. The summed E-state index contributed by atoms with van der Waals surface area (Å²) in [6.07, 6.45) is 0.0417. The lowest BCUT2D eigenvalue weighted by molar-refractivity contribution is -0.140. The summed E-state index contributed by atoms with van der Waals surface area (Å²) in [6, 6.07) is 1.72. The molecule has 0 amide bonds.